The maximum absolute atomic E-state index is 5.55. The molecule has 146 valence electrons. The normalized spacial score (nSPS) is 28.5. The SMILES string of the molecule is CCOc1ccc(C2CCC(C#CC=CC3CCC(CC)CC3)CC2)cc1. The van der Waals surface area contributed by atoms with Gasteiger partial charge in [-0.2, -0.15) is 0 Å². The van der Waals surface area contributed by atoms with E-state index in [1.807, 2.05) is 6.92 Å². The van der Waals surface area contributed by atoms with Gasteiger partial charge in [0.25, 0.3) is 0 Å². The number of ether oxygens (including phenoxy) is 1. The van der Waals surface area contributed by atoms with Crippen molar-refractivity contribution in [1.29, 1.82) is 0 Å². The van der Waals surface area contributed by atoms with Crippen LogP contribution in [0.1, 0.15) is 83.1 Å². The van der Waals surface area contributed by atoms with E-state index in [0.717, 1.165) is 24.2 Å². The van der Waals surface area contributed by atoms with Crippen LogP contribution in [0, 0.1) is 29.6 Å². The molecule has 2 fully saturated rings. The van der Waals surface area contributed by atoms with Crippen LogP contribution in [0.15, 0.2) is 36.4 Å². The highest BCUT2D eigenvalue weighted by molar-refractivity contribution is 5.30. The summed E-state index contributed by atoms with van der Waals surface area (Å²) in [7, 11) is 0. The van der Waals surface area contributed by atoms with Crippen molar-refractivity contribution < 1.29 is 4.74 Å². The monoisotopic (exact) mass is 364 g/mol. The Morgan fingerprint density at radius 1 is 0.926 bits per heavy atom. The number of hydrogen-bond donors (Lipinski definition) is 0. The molecule has 1 heteroatoms. The highest BCUT2D eigenvalue weighted by Crippen LogP contribution is 2.36. The Morgan fingerprint density at radius 3 is 2.26 bits per heavy atom. The van der Waals surface area contributed by atoms with Gasteiger partial charge < -0.3 is 4.74 Å². The van der Waals surface area contributed by atoms with Gasteiger partial charge in [0.2, 0.25) is 0 Å². The lowest BCUT2D eigenvalue weighted by Gasteiger charge is -2.26. The summed E-state index contributed by atoms with van der Waals surface area (Å²) < 4.78 is 5.55. The van der Waals surface area contributed by atoms with Crippen LogP contribution in [0.5, 0.6) is 5.75 Å². The van der Waals surface area contributed by atoms with Gasteiger partial charge in [-0.3, -0.25) is 0 Å². The lowest BCUT2D eigenvalue weighted by atomic mass is 9.79. The largest absolute Gasteiger partial charge is 0.494 e. The molecule has 0 aromatic heterocycles. The number of allylic oxidation sites excluding steroid dienone is 2. The smallest absolute Gasteiger partial charge is 0.119 e. The zero-order chi connectivity index (χ0) is 18.9. The fourth-order valence-electron chi connectivity index (χ4n) is 4.71. The van der Waals surface area contributed by atoms with Crippen molar-refractivity contribution in [3.63, 3.8) is 0 Å². The second-order valence-corrected chi connectivity index (χ2v) is 8.39. The Kier molecular flexibility index (Phi) is 7.88. The van der Waals surface area contributed by atoms with Gasteiger partial charge in [-0.1, -0.05) is 43.4 Å². The van der Waals surface area contributed by atoms with Crippen LogP contribution < -0.4 is 4.74 Å². The van der Waals surface area contributed by atoms with Crippen molar-refractivity contribution in [3.05, 3.63) is 42.0 Å². The zero-order valence-electron chi connectivity index (χ0n) is 17.3. The summed E-state index contributed by atoms with van der Waals surface area (Å²) in [6.45, 7) is 5.09. The van der Waals surface area contributed by atoms with Crippen molar-refractivity contribution in [2.75, 3.05) is 6.61 Å². The van der Waals surface area contributed by atoms with E-state index in [4.69, 9.17) is 4.74 Å². The molecule has 0 spiro atoms. The van der Waals surface area contributed by atoms with Gasteiger partial charge in [0.05, 0.1) is 6.61 Å². The lowest BCUT2D eigenvalue weighted by molar-refractivity contribution is 0.304. The maximum atomic E-state index is 5.55. The standard InChI is InChI=1S/C26H36O/c1-3-21-9-11-22(12-10-21)7-5-6-8-23-13-15-24(16-14-23)25-17-19-26(20-18-25)27-4-2/h5,7,17-24H,3-4,9-16H2,1-2H3. The molecule has 27 heavy (non-hydrogen) atoms. The highest BCUT2D eigenvalue weighted by Gasteiger charge is 2.21. The van der Waals surface area contributed by atoms with Gasteiger partial charge in [-0.15, -0.1) is 0 Å². The van der Waals surface area contributed by atoms with E-state index >= 15 is 0 Å². The minimum Gasteiger partial charge on any atom is -0.494 e. The molecule has 0 atom stereocenters. The fourth-order valence-corrected chi connectivity index (χ4v) is 4.71. The average molecular weight is 365 g/mol. The Hall–Kier alpha value is -1.68. The summed E-state index contributed by atoms with van der Waals surface area (Å²) in [4.78, 5) is 0. The quantitative estimate of drug-likeness (QED) is 0.505. The first-order chi connectivity index (χ1) is 13.3. The summed E-state index contributed by atoms with van der Waals surface area (Å²) >= 11 is 0. The minimum absolute atomic E-state index is 0.587. The molecule has 2 saturated carbocycles. The second kappa shape index (κ2) is 10.6. The molecule has 2 aliphatic carbocycles. The van der Waals surface area contributed by atoms with Crippen molar-refractivity contribution in [2.24, 2.45) is 17.8 Å². The molecule has 1 aromatic carbocycles. The van der Waals surface area contributed by atoms with Crippen LogP contribution in [0.2, 0.25) is 0 Å². The highest BCUT2D eigenvalue weighted by atomic mass is 16.5. The van der Waals surface area contributed by atoms with E-state index in [1.54, 1.807) is 0 Å². The van der Waals surface area contributed by atoms with Crippen LogP contribution in [0.4, 0.5) is 0 Å². The first-order valence-corrected chi connectivity index (χ1v) is 11.2. The summed E-state index contributed by atoms with van der Waals surface area (Å²) in [5.74, 6) is 10.9. The van der Waals surface area contributed by atoms with Crippen LogP contribution in [0.25, 0.3) is 0 Å². The molecular weight excluding hydrogens is 328 g/mol. The molecule has 0 aliphatic heterocycles. The third-order valence-electron chi connectivity index (χ3n) is 6.60. The van der Waals surface area contributed by atoms with E-state index in [2.05, 4.69) is 55.2 Å². The number of hydrogen-bond acceptors (Lipinski definition) is 1. The van der Waals surface area contributed by atoms with Crippen molar-refractivity contribution >= 4 is 0 Å². The Balaban J connectivity index is 1.41. The molecule has 0 saturated heterocycles. The van der Waals surface area contributed by atoms with E-state index < -0.39 is 0 Å². The molecule has 0 unspecified atom stereocenters. The van der Waals surface area contributed by atoms with Gasteiger partial charge in [-0.05, 0) is 99.8 Å². The molecule has 0 heterocycles. The van der Waals surface area contributed by atoms with Crippen LogP contribution in [0.3, 0.4) is 0 Å². The number of rotatable bonds is 5. The van der Waals surface area contributed by atoms with Crippen LogP contribution in [-0.2, 0) is 0 Å². The lowest BCUT2D eigenvalue weighted by Crippen LogP contribution is -2.12. The molecule has 0 bridgehead atoms. The Labute approximate surface area is 166 Å². The molecule has 3 rings (SSSR count). The molecule has 1 aromatic rings. The topological polar surface area (TPSA) is 9.23 Å². The third-order valence-corrected chi connectivity index (χ3v) is 6.60. The van der Waals surface area contributed by atoms with E-state index in [9.17, 15) is 0 Å². The predicted octanol–water partition coefficient (Wildman–Crippen LogP) is 7.14. The summed E-state index contributed by atoms with van der Waals surface area (Å²) in [6.07, 6.45) is 16.4. The Bertz CT molecular complexity index is 629. The first-order valence-electron chi connectivity index (χ1n) is 11.2. The summed E-state index contributed by atoms with van der Waals surface area (Å²) in [5.41, 5.74) is 1.47. The average Bonchev–Trinajstić information content (AvgIpc) is 2.73. The zero-order valence-corrected chi connectivity index (χ0v) is 17.3. The van der Waals surface area contributed by atoms with Crippen molar-refractivity contribution in [1.82, 2.24) is 0 Å². The molecule has 0 amide bonds. The molecule has 0 N–H and O–H groups in total. The van der Waals surface area contributed by atoms with E-state index in [1.165, 1.54) is 63.4 Å². The maximum Gasteiger partial charge on any atom is 0.119 e. The molecular formula is C26H36O. The van der Waals surface area contributed by atoms with Crippen LogP contribution >= 0.6 is 0 Å². The van der Waals surface area contributed by atoms with Crippen molar-refractivity contribution in [3.8, 4) is 17.6 Å². The number of benzene rings is 1. The molecule has 2 aliphatic rings. The van der Waals surface area contributed by atoms with Crippen LogP contribution in [-0.4, -0.2) is 6.61 Å². The predicted molar refractivity (Wildman–Crippen MR) is 115 cm³/mol. The van der Waals surface area contributed by atoms with Gasteiger partial charge >= 0.3 is 0 Å². The fraction of sp³-hybridized carbons (Fsp3) is 0.615. The van der Waals surface area contributed by atoms with E-state index in [-0.39, 0.29) is 0 Å². The summed E-state index contributed by atoms with van der Waals surface area (Å²) in [6, 6.07) is 8.72. The van der Waals surface area contributed by atoms with Gasteiger partial charge in [0.1, 0.15) is 5.75 Å². The minimum atomic E-state index is 0.587. The third kappa shape index (κ3) is 6.17. The van der Waals surface area contributed by atoms with Gasteiger partial charge in [0, 0.05) is 5.92 Å². The summed E-state index contributed by atoms with van der Waals surface area (Å²) in [5, 5.41) is 0. The molecule has 0 radical (unpaired) electrons. The Morgan fingerprint density at radius 2 is 1.63 bits per heavy atom. The van der Waals surface area contributed by atoms with E-state index in [0.29, 0.717) is 11.8 Å². The van der Waals surface area contributed by atoms with Gasteiger partial charge in [-0.25, -0.2) is 0 Å². The second-order valence-electron chi connectivity index (χ2n) is 8.39. The first kappa shape index (κ1) is 20.1. The van der Waals surface area contributed by atoms with Crippen molar-refractivity contribution in [2.45, 2.75) is 77.6 Å². The molecule has 1 nitrogen and oxygen atoms in total. The van der Waals surface area contributed by atoms with Gasteiger partial charge in [0.15, 0.2) is 0 Å².